The Kier molecular flexibility index (Phi) is 7.44. The molecule has 2 aromatic carbocycles. The SMILES string of the molecule is O=C(CSc1ccccc1)NCCCCCCc1nc(-c2ccc3c(c2)OCO3)no1. The maximum absolute atomic E-state index is 11.9. The summed E-state index contributed by atoms with van der Waals surface area (Å²) in [5.41, 5.74) is 0.848. The number of hydrogen-bond donors (Lipinski definition) is 1. The van der Waals surface area contributed by atoms with Crippen molar-refractivity contribution >= 4 is 17.7 Å². The lowest BCUT2D eigenvalue weighted by atomic mass is 10.1. The highest BCUT2D eigenvalue weighted by molar-refractivity contribution is 8.00. The van der Waals surface area contributed by atoms with E-state index in [0.29, 0.717) is 29.8 Å². The van der Waals surface area contributed by atoms with E-state index in [1.807, 2.05) is 48.5 Å². The van der Waals surface area contributed by atoms with Gasteiger partial charge in [-0.25, -0.2) is 0 Å². The first-order valence-electron chi connectivity index (χ1n) is 10.4. The quantitative estimate of drug-likeness (QED) is 0.348. The number of aromatic nitrogens is 2. The number of amides is 1. The number of nitrogens with zero attached hydrogens (tertiary/aromatic N) is 2. The Morgan fingerprint density at radius 2 is 1.84 bits per heavy atom. The molecule has 0 saturated carbocycles. The van der Waals surface area contributed by atoms with Gasteiger partial charge in [-0.3, -0.25) is 4.79 Å². The Morgan fingerprint density at radius 1 is 1.00 bits per heavy atom. The number of carbonyl (C=O) groups excluding carboxylic acids is 1. The van der Waals surface area contributed by atoms with E-state index in [1.54, 1.807) is 11.8 Å². The van der Waals surface area contributed by atoms with Gasteiger partial charge in [-0.15, -0.1) is 11.8 Å². The summed E-state index contributed by atoms with van der Waals surface area (Å²) >= 11 is 1.56. The van der Waals surface area contributed by atoms with E-state index < -0.39 is 0 Å². The van der Waals surface area contributed by atoms with Crippen LogP contribution in [0.25, 0.3) is 11.4 Å². The third kappa shape index (κ3) is 6.24. The van der Waals surface area contributed by atoms with Crippen molar-refractivity contribution in [2.45, 2.75) is 37.0 Å². The molecule has 0 unspecified atom stereocenters. The fourth-order valence-corrected chi connectivity index (χ4v) is 3.96. The molecule has 1 amide bonds. The first-order valence-corrected chi connectivity index (χ1v) is 11.4. The molecule has 0 aliphatic carbocycles. The lowest BCUT2D eigenvalue weighted by Crippen LogP contribution is -2.26. The Labute approximate surface area is 185 Å². The van der Waals surface area contributed by atoms with Crippen LogP contribution in [0.1, 0.15) is 31.6 Å². The summed E-state index contributed by atoms with van der Waals surface area (Å²) in [6.45, 7) is 0.954. The molecule has 0 fully saturated rings. The monoisotopic (exact) mass is 439 g/mol. The molecule has 1 aliphatic heterocycles. The normalized spacial score (nSPS) is 12.1. The maximum Gasteiger partial charge on any atom is 0.231 e. The van der Waals surface area contributed by atoms with Crippen molar-refractivity contribution in [2.75, 3.05) is 19.1 Å². The van der Waals surface area contributed by atoms with E-state index in [4.69, 9.17) is 14.0 Å². The molecule has 0 atom stereocenters. The number of carbonyl (C=O) groups is 1. The first kappa shape index (κ1) is 21.2. The summed E-state index contributed by atoms with van der Waals surface area (Å²) in [4.78, 5) is 17.5. The zero-order valence-corrected chi connectivity index (χ0v) is 18.0. The molecular formula is C23H25N3O4S. The summed E-state index contributed by atoms with van der Waals surface area (Å²) in [5.74, 6) is 3.17. The molecule has 0 radical (unpaired) electrons. The van der Waals surface area contributed by atoms with Gasteiger partial charge in [0.2, 0.25) is 24.4 Å². The third-order valence-electron chi connectivity index (χ3n) is 4.85. The molecule has 7 nitrogen and oxygen atoms in total. The number of fused-ring (bicyclic) bond motifs is 1. The number of nitrogens with one attached hydrogen (secondary N) is 1. The molecule has 1 N–H and O–H groups in total. The van der Waals surface area contributed by atoms with Crippen LogP contribution in [0.3, 0.4) is 0 Å². The number of ether oxygens (including phenoxy) is 2. The molecule has 3 aromatic rings. The molecular weight excluding hydrogens is 414 g/mol. The zero-order chi connectivity index (χ0) is 21.3. The van der Waals surface area contributed by atoms with Crippen LogP contribution in [-0.4, -0.2) is 35.1 Å². The lowest BCUT2D eigenvalue weighted by molar-refractivity contribution is -0.118. The summed E-state index contributed by atoms with van der Waals surface area (Å²) in [7, 11) is 0. The van der Waals surface area contributed by atoms with Gasteiger partial charge in [-0.05, 0) is 43.2 Å². The zero-order valence-electron chi connectivity index (χ0n) is 17.2. The number of unbranched alkanes of at least 4 members (excludes halogenated alkanes) is 3. The lowest BCUT2D eigenvalue weighted by Gasteiger charge is -2.05. The summed E-state index contributed by atoms with van der Waals surface area (Å²) in [6.07, 6.45) is 4.79. The minimum atomic E-state index is 0.0794. The van der Waals surface area contributed by atoms with Crippen molar-refractivity contribution in [1.29, 1.82) is 0 Å². The van der Waals surface area contributed by atoms with E-state index in [9.17, 15) is 4.79 Å². The Bertz CT molecular complexity index is 993. The predicted octanol–water partition coefficient (Wildman–Crippen LogP) is 4.48. The minimum absolute atomic E-state index is 0.0794. The van der Waals surface area contributed by atoms with E-state index in [1.165, 1.54) is 0 Å². The van der Waals surface area contributed by atoms with Crippen LogP contribution < -0.4 is 14.8 Å². The molecule has 0 saturated heterocycles. The minimum Gasteiger partial charge on any atom is -0.454 e. The Morgan fingerprint density at radius 3 is 2.74 bits per heavy atom. The number of thioether (sulfide) groups is 1. The van der Waals surface area contributed by atoms with Crippen molar-refractivity contribution in [3.05, 3.63) is 54.4 Å². The highest BCUT2D eigenvalue weighted by atomic mass is 32.2. The van der Waals surface area contributed by atoms with Crippen molar-refractivity contribution < 1.29 is 18.8 Å². The van der Waals surface area contributed by atoms with E-state index in [-0.39, 0.29) is 12.7 Å². The fourth-order valence-electron chi connectivity index (χ4n) is 3.21. The van der Waals surface area contributed by atoms with Gasteiger partial charge in [-0.2, -0.15) is 4.98 Å². The first-order chi connectivity index (χ1) is 15.3. The molecule has 8 heteroatoms. The Hall–Kier alpha value is -3.00. The van der Waals surface area contributed by atoms with Gasteiger partial charge in [0, 0.05) is 23.4 Å². The van der Waals surface area contributed by atoms with Crippen LogP contribution in [-0.2, 0) is 11.2 Å². The summed E-state index contributed by atoms with van der Waals surface area (Å²) in [5, 5.41) is 7.05. The second-order valence-corrected chi connectivity index (χ2v) is 8.24. The van der Waals surface area contributed by atoms with Crippen molar-refractivity contribution in [2.24, 2.45) is 0 Å². The molecule has 162 valence electrons. The van der Waals surface area contributed by atoms with Crippen LogP contribution >= 0.6 is 11.8 Å². The van der Waals surface area contributed by atoms with Gasteiger partial charge in [0.05, 0.1) is 5.75 Å². The average molecular weight is 440 g/mol. The van der Waals surface area contributed by atoms with Crippen LogP contribution in [0.2, 0.25) is 0 Å². The highest BCUT2D eigenvalue weighted by Crippen LogP contribution is 2.35. The molecule has 0 spiro atoms. The topological polar surface area (TPSA) is 86.5 Å². The van der Waals surface area contributed by atoms with Crippen LogP contribution in [0.15, 0.2) is 57.9 Å². The molecule has 2 heterocycles. The van der Waals surface area contributed by atoms with E-state index >= 15 is 0 Å². The van der Waals surface area contributed by atoms with Gasteiger partial charge in [-0.1, -0.05) is 36.2 Å². The predicted molar refractivity (Wildman–Crippen MR) is 118 cm³/mol. The van der Waals surface area contributed by atoms with Gasteiger partial charge >= 0.3 is 0 Å². The molecule has 31 heavy (non-hydrogen) atoms. The smallest absolute Gasteiger partial charge is 0.231 e. The number of rotatable bonds is 11. The fraction of sp³-hybridized carbons (Fsp3) is 0.348. The van der Waals surface area contributed by atoms with Gasteiger partial charge in [0.1, 0.15) is 0 Å². The number of aryl methyl sites for hydroxylation is 1. The summed E-state index contributed by atoms with van der Waals surface area (Å²) in [6, 6.07) is 15.6. The second kappa shape index (κ2) is 10.9. The highest BCUT2D eigenvalue weighted by Gasteiger charge is 2.16. The van der Waals surface area contributed by atoms with Crippen LogP contribution in [0.4, 0.5) is 0 Å². The average Bonchev–Trinajstić information content (AvgIpc) is 3.46. The van der Waals surface area contributed by atoms with E-state index in [2.05, 4.69) is 15.5 Å². The van der Waals surface area contributed by atoms with Gasteiger partial charge < -0.3 is 19.3 Å². The molecule has 0 bridgehead atoms. The van der Waals surface area contributed by atoms with Crippen LogP contribution in [0, 0.1) is 0 Å². The standard InChI is InChI=1S/C23H25N3O4S/c27-21(15-31-18-8-4-3-5-9-18)24-13-7-2-1-6-10-22-25-23(26-30-22)17-11-12-19-20(14-17)29-16-28-19/h3-5,8-9,11-12,14H,1-2,6-7,10,13,15-16H2,(H,24,27). The number of hydrogen-bond acceptors (Lipinski definition) is 7. The van der Waals surface area contributed by atoms with Gasteiger partial charge in [0.25, 0.3) is 0 Å². The molecule has 4 rings (SSSR count). The van der Waals surface area contributed by atoms with E-state index in [0.717, 1.165) is 48.3 Å². The third-order valence-corrected chi connectivity index (χ3v) is 5.86. The van der Waals surface area contributed by atoms with Crippen molar-refractivity contribution in [1.82, 2.24) is 15.5 Å². The van der Waals surface area contributed by atoms with Crippen molar-refractivity contribution in [3.8, 4) is 22.9 Å². The largest absolute Gasteiger partial charge is 0.454 e. The summed E-state index contributed by atoms with van der Waals surface area (Å²) < 4.78 is 16.1. The number of benzene rings is 2. The molecule has 1 aromatic heterocycles. The van der Waals surface area contributed by atoms with Crippen molar-refractivity contribution in [3.63, 3.8) is 0 Å². The second-order valence-electron chi connectivity index (χ2n) is 7.20. The van der Waals surface area contributed by atoms with Gasteiger partial charge in [0.15, 0.2) is 11.5 Å². The van der Waals surface area contributed by atoms with Crippen LogP contribution in [0.5, 0.6) is 11.5 Å². The Balaban J connectivity index is 1.08. The maximum atomic E-state index is 11.9. The molecule has 1 aliphatic rings.